The van der Waals surface area contributed by atoms with Crippen LogP contribution in [0.5, 0.6) is 0 Å². The van der Waals surface area contributed by atoms with E-state index in [0.717, 1.165) is 34.3 Å². The summed E-state index contributed by atoms with van der Waals surface area (Å²) in [6, 6.07) is 3.71. The third-order valence-corrected chi connectivity index (χ3v) is 3.83. The molecule has 1 aliphatic rings. The average molecular weight is 309 g/mol. The van der Waals surface area contributed by atoms with Crippen molar-refractivity contribution in [3.63, 3.8) is 0 Å². The van der Waals surface area contributed by atoms with Crippen LogP contribution in [0.15, 0.2) is 53.3 Å². The molecule has 23 heavy (non-hydrogen) atoms. The van der Waals surface area contributed by atoms with Crippen LogP contribution >= 0.6 is 0 Å². The molecule has 6 heteroatoms. The zero-order valence-electron chi connectivity index (χ0n) is 12.3. The highest BCUT2D eigenvalue weighted by Gasteiger charge is 2.13. The molecule has 0 spiro atoms. The summed E-state index contributed by atoms with van der Waals surface area (Å²) < 4.78 is 10.5. The van der Waals surface area contributed by atoms with Gasteiger partial charge in [0.2, 0.25) is 0 Å². The first-order valence-electron chi connectivity index (χ1n) is 7.41. The molecular weight excluding hydrogens is 294 g/mol. The van der Waals surface area contributed by atoms with Crippen LogP contribution in [0.1, 0.15) is 16.8 Å². The molecule has 3 aromatic heterocycles. The minimum Gasteiger partial charge on any atom is -0.496 e. The highest BCUT2D eigenvalue weighted by atomic mass is 16.5. The van der Waals surface area contributed by atoms with Crippen molar-refractivity contribution in [3.05, 3.63) is 54.5 Å². The Labute approximate surface area is 132 Å². The summed E-state index contributed by atoms with van der Waals surface area (Å²) in [6.45, 7) is 1.09. The van der Waals surface area contributed by atoms with Crippen molar-refractivity contribution < 1.29 is 13.9 Å². The van der Waals surface area contributed by atoms with Gasteiger partial charge in [0.1, 0.15) is 11.4 Å². The van der Waals surface area contributed by atoms with Crippen LogP contribution in [0.25, 0.3) is 22.2 Å². The van der Waals surface area contributed by atoms with Gasteiger partial charge in [0, 0.05) is 35.3 Å². The predicted molar refractivity (Wildman–Crippen MR) is 84.8 cm³/mol. The summed E-state index contributed by atoms with van der Waals surface area (Å²) >= 11 is 0. The number of rotatable bonds is 4. The number of pyridine rings is 1. The van der Waals surface area contributed by atoms with E-state index in [0.29, 0.717) is 18.7 Å². The standard InChI is InChI=1S/C17H15N3O3/c21-17(20-8-13-2-1-4-23-13)12-6-14-15(11-3-5-22-10-11)9-19-16(14)18-7-12/h2-3,5-7,9-10H,1,4,8H2,(H,18,19)(H,20,21). The normalized spacial score (nSPS) is 13.8. The summed E-state index contributed by atoms with van der Waals surface area (Å²) in [5, 5.41) is 3.74. The van der Waals surface area contributed by atoms with Crippen LogP contribution < -0.4 is 5.32 Å². The number of H-pyrrole nitrogens is 1. The van der Waals surface area contributed by atoms with Gasteiger partial charge in [-0.1, -0.05) is 0 Å². The fourth-order valence-corrected chi connectivity index (χ4v) is 2.65. The molecule has 2 N–H and O–H groups in total. The SMILES string of the molecule is O=C(NCC1=CCCO1)c1cnc2[nH]cc(-c3ccoc3)c2c1. The van der Waals surface area contributed by atoms with Crippen molar-refractivity contribution in [1.82, 2.24) is 15.3 Å². The lowest BCUT2D eigenvalue weighted by Crippen LogP contribution is -2.25. The van der Waals surface area contributed by atoms with Crippen molar-refractivity contribution in [2.75, 3.05) is 13.2 Å². The second-order valence-electron chi connectivity index (χ2n) is 5.32. The Kier molecular flexibility index (Phi) is 3.34. The number of furan rings is 1. The topological polar surface area (TPSA) is 80.1 Å². The number of hydrogen-bond donors (Lipinski definition) is 2. The van der Waals surface area contributed by atoms with Crippen molar-refractivity contribution in [2.24, 2.45) is 0 Å². The first-order chi connectivity index (χ1) is 11.3. The molecule has 0 radical (unpaired) electrons. The summed E-state index contributed by atoms with van der Waals surface area (Å²) in [5.74, 6) is 0.642. The van der Waals surface area contributed by atoms with Gasteiger partial charge in [-0.25, -0.2) is 4.98 Å². The van der Waals surface area contributed by atoms with Crippen LogP contribution in [0.2, 0.25) is 0 Å². The van der Waals surface area contributed by atoms with Crippen molar-refractivity contribution in [3.8, 4) is 11.1 Å². The van der Waals surface area contributed by atoms with E-state index in [1.165, 1.54) is 0 Å². The maximum Gasteiger partial charge on any atom is 0.253 e. The Hall–Kier alpha value is -3.02. The Morgan fingerprint density at radius 3 is 3.17 bits per heavy atom. The van der Waals surface area contributed by atoms with Crippen molar-refractivity contribution >= 4 is 16.9 Å². The molecule has 1 amide bonds. The Balaban J connectivity index is 1.60. The highest BCUT2D eigenvalue weighted by Crippen LogP contribution is 2.28. The van der Waals surface area contributed by atoms with Gasteiger partial charge in [-0.05, 0) is 18.2 Å². The van der Waals surface area contributed by atoms with E-state index in [9.17, 15) is 4.79 Å². The minimum absolute atomic E-state index is 0.171. The van der Waals surface area contributed by atoms with E-state index in [4.69, 9.17) is 9.15 Å². The third-order valence-electron chi connectivity index (χ3n) is 3.83. The fraction of sp³-hybridized carbons (Fsp3) is 0.176. The van der Waals surface area contributed by atoms with Crippen LogP contribution in [-0.4, -0.2) is 29.0 Å². The van der Waals surface area contributed by atoms with Gasteiger partial charge in [-0.3, -0.25) is 4.79 Å². The molecule has 4 rings (SSSR count). The molecule has 0 saturated carbocycles. The first-order valence-corrected chi connectivity index (χ1v) is 7.41. The molecule has 0 bridgehead atoms. The molecule has 0 atom stereocenters. The fourth-order valence-electron chi connectivity index (χ4n) is 2.65. The monoisotopic (exact) mass is 309 g/mol. The number of amides is 1. The van der Waals surface area contributed by atoms with Gasteiger partial charge < -0.3 is 19.5 Å². The molecule has 0 aromatic carbocycles. The van der Waals surface area contributed by atoms with Crippen molar-refractivity contribution in [1.29, 1.82) is 0 Å². The molecule has 0 fully saturated rings. The number of carbonyl (C=O) groups excluding carboxylic acids is 1. The second-order valence-corrected chi connectivity index (χ2v) is 5.32. The van der Waals surface area contributed by atoms with E-state index in [1.807, 2.05) is 24.4 Å². The molecule has 116 valence electrons. The number of hydrogen-bond acceptors (Lipinski definition) is 4. The lowest BCUT2D eigenvalue weighted by molar-refractivity contribution is 0.0949. The maximum atomic E-state index is 12.3. The van der Waals surface area contributed by atoms with Gasteiger partial charge >= 0.3 is 0 Å². The quantitative estimate of drug-likeness (QED) is 0.776. The Morgan fingerprint density at radius 2 is 2.39 bits per heavy atom. The van der Waals surface area contributed by atoms with E-state index >= 15 is 0 Å². The number of nitrogens with zero attached hydrogens (tertiary/aromatic N) is 1. The second kappa shape index (κ2) is 5.64. The molecule has 0 unspecified atom stereocenters. The lowest BCUT2D eigenvalue weighted by atomic mass is 10.1. The molecule has 4 heterocycles. The van der Waals surface area contributed by atoms with Crippen molar-refractivity contribution in [2.45, 2.75) is 6.42 Å². The minimum atomic E-state index is -0.171. The van der Waals surface area contributed by atoms with Crippen LogP contribution in [-0.2, 0) is 4.74 Å². The number of fused-ring (bicyclic) bond motifs is 1. The Bertz CT molecular complexity index is 878. The van der Waals surface area contributed by atoms with E-state index in [-0.39, 0.29) is 5.91 Å². The largest absolute Gasteiger partial charge is 0.496 e. The smallest absolute Gasteiger partial charge is 0.253 e. The third kappa shape index (κ3) is 2.59. The Morgan fingerprint density at radius 1 is 1.43 bits per heavy atom. The number of ether oxygens (including phenoxy) is 1. The molecule has 0 saturated heterocycles. The summed E-state index contributed by atoms with van der Waals surface area (Å²) in [4.78, 5) is 19.7. The average Bonchev–Trinajstić information content (AvgIpc) is 3.31. The molecule has 3 aromatic rings. The number of aromatic nitrogens is 2. The first kappa shape index (κ1) is 13.6. The number of carbonyl (C=O) groups is 1. The molecule has 1 aliphatic heterocycles. The van der Waals surface area contributed by atoms with Gasteiger partial charge in [-0.2, -0.15) is 0 Å². The summed E-state index contributed by atoms with van der Waals surface area (Å²) in [5.41, 5.74) is 3.15. The van der Waals surface area contributed by atoms with Crippen LogP contribution in [0, 0.1) is 0 Å². The zero-order valence-corrected chi connectivity index (χ0v) is 12.3. The van der Waals surface area contributed by atoms with Crippen LogP contribution in [0.3, 0.4) is 0 Å². The van der Waals surface area contributed by atoms with E-state index < -0.39 is 0 Å². The maximum absolute atomic E-state index is 12.3. The van der Waals surface area contributed by atoms with Gasteiger partial charge in [0.25, 0.3) is 5.91 Å². The van der Waals surface area contributed by atoms with E-state index in [1.54, 1.807) is 18.7 Å². The molecule has 0 aliphatic carbocycles. The van der Waals surface area contributed by atoms with E-state index in [2.05, 4.69) is 15.3 Å². The molecule has 6 nitrogen and oxygen atoms in total. The summed E-state index contributed by atoms with van der Waals surface area (Å²) in [7, 11) is 0. The predicted octanol–water partition coefficient (Wildman–Crippen LogP) is 2.86. The number of nitrogens with one attached hydrogen (secondary N) is 2. The van der Waals surface area contributed by atoms with Gasteiger partial charge in [0.05, 0.1) is 31.2 Å². The molecular formula is C17H15N3O3. The van der Waals surface area contributed by atoms with Crippen LogP contribution in [0.4, 0.5) is 0 Å². The summed E-state index contributed by atoms with van der Waals surface area (Å²) in [6.07, 6.45) is 9.60. The van der Waals surface area contributed by atoms with Gasteiger partial charge in [-0.15, -0.1) is 0 Å². The van der Waals surface area contributed by atoms with Gasteiger partial charge in [0.15, 0.2) is 0 Å². The lowest BCUT2D eigenvalue weighted by Gasteiger charge is -2.06. The zero-order chi connectivity index (χ0) is 15.6. The number of aromatic amines is 1. The highest BCUT2D eigenvalue weighted by molar-refractivity contribution is 6.00.